The maximum absolute atomic E-state index is 10.6. The molecule has 0 saturated carbocycles. The molecule has 3 heteroatoms. The Morgan fingerprint density at radius 2 is 2.12 bits per heavy atom. The van der Waals surface area contributed by atoms with Crippen LogP contribution in [-0.4, -0.2) is 29.6 Å². The minimum atomic E-state index is -0.785. The zero-order valence-corrected chi connectivity index (χ0v) is 10.2. The van der Waals surface area contributed by atoms with E-state index in [1.165, 1.54) is 16.7 Å². The summed E-state index contributed by atoms with van der Waals surface area (Å²) in [6, 6.07) is 6.38. The van der Waals surface area contributed by atoms with Crippen LogP contribution in [0.15, 0.2) is 18.2 Å². The summed E-state index contributed by atoms with van der Waals surface area (Å²) in [6.45, 7) is 4.94. The highest BCUT2D eigenvalue weighted by molar-refractivity contribution is 5.69. The number of aryl methyl sites for hydroxylation is 2. The fourth-order valence-electron chi connectivity index (χ4n) is 1.69. The van der Waals surface area contributed by atoms with E-state index in [1.54, 1.807) is 0 Å². The first-order chi connectivity index (χ1) is 7.52. The molecule has 0 fully saturated rings. The quantitative estimate of drug-likeness (QED) is 0.827. The monoisotopic (exact) mass is 221 g/mol. The van der Waals surface area contributed by atoms with Crippen molar-refractivity contribution in [3.05, 3.63) is 34.9 Å². The summed E-state index contributed by atoms with van der Waals surface area (Å²) in [4.78, 5) is 12.4. The van der Waals surface area contributed by atoms with Crippen molar-refractivity contribution in [3.8, 4) is 0 Å². The highest BCUT2D eigenvalue weighted by Gasteiger charge is 2.07. The molecular weight excluding hydrogens is 202 g/mol. The van der Waals surface area contributed by atoms with Crippen LogP contribution in [-0.2, 0) is 17.8 Å². The van der Waals surface area contributed by atoms with Gasteiger partial charge in [0.05, 0.1) is 6.54 Å². The fraction of sp³-hybridized carbons (Fsp3) is 0.462. The van der Waals surface area contributed by atoms with Crippen LogP contribution in [0.25, 0.3) is 0 Å². The number of benzene rings is 1. The lowest BCUT2D eigenvalue weighted by Gasteiger charge is -2.16. The van der Waals surface area contributed by atoms with E-state index in [-0.39, 0.29) is 6.54 Å². The first-order valence-electron chi connectivity index (χ1n) is 5.51. The predicted octanol–water partition coefficient (Wildman–Crippen LogP) is 2.07. The lowest BCUT2D eigenvalue weighted by Crippen LogP contribution is -2.25. The van der Waals surface area contributed by atoms with Crippen LogP contribution >= 0.6 is 0 Å². The summed E-state index contributed by atoms with van der Waals surface area (Å²) in [5, 5.41) is 8.69. The number of carboxylic acid groups (broad SMARTS) is 1. The highest BCUT2D eigenvalue weighted by Crippen LogP contribution is 2.13. The Kier molecular flexibility index (Phi) is 4.50. The van der Waals surface area contributed by atoms with Crippen molar-refractivity contribution in [2.24, 2.45) is 0 Å². The third-order valence-electron chi connectivity index (χ3n) is 2.67. The maximum atomic E-state index is 10.6. The molecule has 1 N–H and O–H groups in total. The van der Waals surface area contributed by atoms with E-state index in [2.05, 4.69) is 32.0 Å². The van der Waals surface area contributed by atoms with Gasteiger partial charge in [-0.3, -0.25) is 9.69 Å². The maximum Gasteiger partial charge on any atom is 0.317 e. The van der Waals surface area contributed by atoms with Gasteiger partial charge >= 0.3 is 5.97 Å². The number of carbonyl (C=O) groups is 1. The summed E-state index contributed by atoms with van der Waals surface area (Å²) in [5.74, 6) is -0.785. The molecule has 1 aromatic carbocycles. The van der Waals surface area contributed by atoms with Gasteiger partial charge in [-0.15, -0.1) is 0 Å². The second kappa shape index (κ2) is 5.66. The van der Waals surface area contributed by atoms with Gasteiger partial charge < -0.3 is 5.11 Å². The molecule has 0 heterocycles. The predicted molar refractivity (Wildman–Crippen MR) is 64.5 cm³/mol. The molecule has 0 aliphatic carbocycles. The largest absolute Gasteiger partial charge is 0.480 e. The van der Waals surface area contributed by atoms with E-state index in [9.17, 15) is 4.79 Å². The Balaban J connectivity index is 2.75. The minimum Gasteiger partial charge on any atom is -0.480 e. The zero-order valence-electron chi connectivity index (χ0n) is 10.2. The highest BCUT2D eigenvalue weighted by atomic mass is 16.4. The van der Waals surface area contributed by atoms with Crippen molar-refractivity contribution < 1.29 is 9.90 Å². The normalized spacial score (nSPS) is 10.8. The molecule has 1 rings (SSSR count). The molecule has 0 radical (unpaired) electrons. The van der Waals surface area contributed by atoms with Gasteiger partial charge in [0.2, 0.25) is 0 Å². The Hall–Kier alpha value is -1.35. The number of rotatable bonds is 5. The molecule has 0 aromatic heterocycles. The smallest absolute Gasteiger partial charge is 0.317 e. The third-order valence-corrected chi connectivity index (χ3v) is 2.67. The van der Waals surface area contributed by atoms with Gasteiger partial charge in [0.1, 0.15) is 0 Å². The molecule has 0 atom stereocenters. The molecule has 0 unspecified atom stereocenters. The SMILES string of the molecule is CCc1ccc(C)c(CN(C)CC(=O)O)c1. The van der Waals surface area contributed by atoms with E-state index >= 15 is 0 Å². The van der Waals surface area contributed by atoms with E-state index in [0.717, 1.165) is 6.42 Å². The second-order valence-electron chi connectivity index (χ2n) is 4.18. The lowest BCUT2D eigenvalue weighted by atomic mass is 10.0. The molecule has 0 bridgehead atoms. The van der Waals surface area contributed by atoms with Gasteiger partial charge in [-0.25, -0.2) is 0 Å². The fourth-order valence-corrected chi connectivity index (χ4v) is 1.69. The van der Waals surface area contributed by atoms with Gasteiger partial charge in [0.15, 0.2) is 0 Å². The molecule has 0 amide bonds. The third kappa shape index (κ3) is 3.66. The Morgan fingerprint density at radius 3 is 2.69 bits per heavy atom. The summed E-state index contributed by atoms with van der Waals surface area (Å²) in [5.41, 5.74) is 3.72. The van der Waals surface area contributed by atoms with Gasteiger partial charge in [0, 0.05) is 6.54 Å². The number of hydrogen-bond acceptors (Lipinski definition) is 2. The van der Waals surface area contributed by atoms with Gasteiger partial charge in [-0.1, -0.05) is 25.1 Å². The van der Waals surface area contributed by atoms with Gasteiger partial charge in [-0.05, 0) is 37.1 Å². The van der Waals surface area contributed by atoms with Gasteiger partial charge in [-0.2, -0.15) is 0 Å². The topological polar surface area (TPSA) is 40.5 Å². The average molecular weight is 221 g/mol. The molecule has 0 aliphatic heterocycles. The van der Waals surface area contributed by atoms with Crippen LogP contribution in [0, 0.1) is 6.92 Å². The number of carboxylic acids is 1. The number of nitrogens with zero attached hydrogens (tertiary/aromatic N) is 1. The van der Waals surface area contributed by atoms with Gasteiger partial charge in [0.25, 0.3) is 0 Å². The minimum absolute atomic E-state index is 0.0792. The lowest BCUT2D eigenvalue weighted by molar-refractivity contribution is -0.138. The first kappa shape index (κ1) is 12.7. The van der Waals surface area contributed by atoms with Crippen molar-refractivity contribution in [1.82, 2.24) is 4.90 Å². The number of likely N-dealkylation sites (N-methyl/N-ethyl adjacent to an activating group) is 1. The molecule has 0 spiro atoms. The molecule has 0 aliphatic rings. The van der Waals surface area contributed by atoms with Crippen molar-refractivity contribution in [2.45, 2.75) is 26.8 Å². The summed E-state index contributed by atoms with van der Waals surface area (Å²) < 4.78 is 0. The summed E-state index contributed by atoms with van der Waals surface area (Å²) >= 11 is 0. The van der Waals surface area contributed by atoms with Crippen molar-refractivity contribution in [3.63, 3.8) is 0 Å². The van der Waals surface area contributed by atoms with Crippen LogP contribution in [0.2, 0.25) is 0 Å². The van der Waals surface area contributed by atoms with E-state index in [0.29, 0.717) is 6.54 Å². The van der Waals surface area contributed by atoms with Crippen LogP contribution in [0.5, 0.6) is 0 Å². The first-order valence-corrected chi connectivity index (χ1v) is 5.51. The van der Waals surface area contributed by atoms with Crippen LogP contribution in [0.3, 0.4) is 0 Å². The molecule has 3 nitrogen and oxygen atoms in total. The Morgan fingerprint density at radius 1 is 1.44 bits per heavy atom. The zero-order chi connectivity index (χ0) is 12.1. The van der Waals surface area contributed by atoms with Crippen LogP contribution < -0.4 is 0 Å². The van der Waals surface area contributed by atoms with E-state index in [4.69, 9.17) is 5.11 Å². The van der Waals surface area contributed by atoms with Crippen molar-refractivity contribution >= 4 is 5.97 Å². The summed E-state index contributed by atoms with van der Waals surface area (Å²) in [7, 11) is 1.83. The number of hydrogen-bond donors (Lipinski definition) is 1. The molecule has 16 heavy (non-hydrogen) atoms. The molecule has 1 aromatic rings. The Labute approximate surface area is 96.7 Å². The van der Waals surface area contributed by atoms with Crippen LogP contribution in [0.4, 0.5) is 0 Å². The molecule has 88 valence electrons. The summed E-state index contributed by atoms with van der Waals surface area (Å²) in [6.07, 6.45) is 1.01. The molecule has 0 saturated heterocycles. The number of aliphatic carboxylic acids is 1. The average Bonchev–Trinajstić information content (AvgIpc) is 2.20. The molecular formula is C13H19NO2. The van der Waals surface area contributed by atoms with E-state index in [1.807, 2.05) is 11.9 Å². The van der Waals surface area contributed by atoms with E-state index < -0.39 is 5.97 Å². The van der Waals surface area contributed by atoms with Crippen molar-refractivity contribution in [1.29, 1.82) is 0 Å². The second-order valence-corrected chi connectivity index (χ2v) is 4.18. The standard InChI is InChI=1S/C13H19NO2/c1-4-11-6-5-10(2)12(7-11)8-14(3)9-13(15)16/h5-7H,4,8-9H2,1-3H3,(H,15,16). The Bertz CT molecular complexity index is 374. The van der Waals surface area contributed by atoms with Crippen LogP contribution in [0.1, 0.15) is 23.6 Å². The van der Waals surface area contributed by atoms with Crippen molar-refractivity contribution in [2.75, 3.05) is 13.6 Å².